The summed E-state index contributed by atoms with van der Waals surface area (Å²) in [5, 5.41) is 3.43. The van der Waals surface area contributed by atoms with Gasteiger partial charge in [0.1, 0.15) is 0 Å². The molecule has 1 aromatic heterocycles. The Labute approximate surface area is 98.2 Å². The summed E-state index contributed by atoms with van der Waals surface area (Å²) in [6.07, 6.45) is 2.47. The van der Waals surface area contributed by atoms with Crippen LogP contribution in [0.4, 0.5) is 5.69 Å². The zero-order chi connectivity index (χ0) is 11.8. The molecule has 1 saturated carbocycles. The topological polar surface area (TPSA) is 69.9 Å². The van der Waals surface area contributed by atoms with E-state index in [9.17, 15) is 4.79 Å². The van der Waals surface area contributed by atoms with Gasteiger partial charge in [-0.3, -0.25) is 0 Å². The molecule has 0 spiro atoms. The molecule has 0 amide bonds. The van der Waals surface area contributed by atoms with Gasteiger partial charge in [0.25, 0.3) is 0 Å². The third-order valence-corrected chi connectivity index (χ3v) is 3.31. The molecule has 5 nitrogen and oxygen atoms in total. The van der Waals surface area contributed by atoms with Gasteiger partial charge in [0, 0.05) is 18.8 Å². The van der Waals surface area contributed by atoms with Crippen LogP contribution < -0.4 is 11.0 Å². The average molecular weight is 233 g/mol. The van der Waals surface area contributed by atoms with Gasteiger partial charge in [0.2, 0.25) is 0 Å². The normalized spacial score (nSPS) is 23.6. The summed E-state index contributed by atoms with van der Waals surface area (Å²) >= 11 is 0. The maximum Gasteiger partial charge on any atom is 0.323 e. The van der Waals surface area contributed by atoms with Gasteiger partial charge in [0.15, 0.2) is 0 Å². The fourth-order valence-corrected chi connectivity index (χ4v) is 2.23. The molecule has 3 rings (SSSR count). The molecule has 1 fully saturated rings. The molecule has 2 aromatic rings. The van der Waals surface area contributed by atoms with E-state index in [2.05, 4.69) is 15.3 Å². The number of ether oxygens (including phenoxy) is 1. The first kappa shape index (κ1) is 10.4. The molecular weight excluding hydrogens is 218 g/mol. The van der Waals surface area contributed by atoms with Crippen LogP contribution in [0, 0.1) is 0 Å². The molecule has 1 aromatic carbocycles. The highest BCUT2D eigenvalue weighted by atomic mass is 16.5. The van der Waals surface area contributed by atoms with Crippen molar-refractivity contribution < 1.29 is 4.74 Å². The lowest BCUT2D eigenvalue weighted by Crippen LogP contribution is -2.40. The molecule has 0 radical (unpaired) electrons. The number of H-pyrrole nitrogens is 2. The average Bonchev–Trinajstić information content (AvgIpc) is 2.62. The number of aromatic amines is 2. The molecule has 1 aliphatic rings. The van der Waals surface area contributed by atoms with Crippen molar-refractivity contribution in [1.29, 1.82) is 0 Å². The molecule has 0 saturated heterocycles. The van der Waals surface area contributed by atoms with Crippen molar-refractivity contribution in [2.75, 3.05) is 12.4 Å². The van der Waals surface area contributed by atoms with Crippen LogP contribution in [0.15, 0.2) is 23.0 Å². The van der Waals surface area contributed by atoms with Crippen molar-refractivity contribution in [2.24, 2.45) is 0 Å². The predicted octanol–water partition coefficient (Wildman–Crippen LogP) is 1.45. The highest BCUT2D eigenvalue weighted by molar-refractivity contribution is 5.78. The molecular formula is C12H15N3O2. The van der Waals surface area contributed by atoms with Gasteiger partial charge in [0.05, 0.1) is 17.1 Å². The Balaban J connectivity index is 1.75. The van der Waals surface area contributed by atoms with E-state index < -0.39 is 0 Å². The first-order valence-corrected chi connectivity index (χ1v) is 5.76. The van der Waals surface area contributed by atoms with E-state index >= 15 is 0 Å². The van der Waals surface area contributed by atoms with Gasteiger partial charge in [-0.1, -0.05) is 0 Å². The zero-order valence-electron chi connectivity index (χ0n) is 9.62. The molecule has 1 aliphatic carbocycles. The fraction of sp³-hybridized carbons (Fsp3) is 0.417. The summed E-state index contributed by atoms with van der Waals surface area (Å²) in [4.78, 5) is 16.6. The van der Waals surface area contributed by atoms with Crippen LogP contribution in [-0.2, 0) is 4.74 Å². The Bertz CT molecular complexity index is 581. The third-order valence-electron chi connectivity index (χ3n) is 3.31. The van der Waals surface area contributed by atoms with Gasteiger partial charge in [-0.25, -0.2) is 4.79 Å². The Morgan fingerprint density at radius 2 is 2.06 bits per heavy atom. The Morgan fingerprint density at radius 1 is 1.29 bits per heavy atom. The molecule has 5 heteroatoms. The number of hydrogen-bond acceptors (Lipinski definition) is 3. The van der Waals surface area contributed by atoms with Gasteiger partial charge >= 0.3 is 5.69 Å². The summed E-state index contributed by atoms with van der Waals surface area (Å²) in [5.41, 5.74) is 2.54. The third kappa shape index (κ3) is 1.93. The molecule has 0 atom stereocenters. The maximum atomic E-state index is 11.1. The smallest absolute Gasteiger partial charge is 0.323 e. The van der Waals surface area contributed by atoms with Crippen molar-refractivity contribution in [3.8, 4) is 0 Å². The monoisotopic (exact) mass is 233 g/mol. The van der Waals surface area contributed by atoms with Crippen molar-refractivity contribution in [2.45, 2.75) is 25.0 Å². The van der Waals surface area contributed by atoms with E-state index in [-0.39, 0.29) is 5.69 Å². The summed E-state index contributed by atoms with van der Waals surface area (Å²) < 4.78 is 5.24. The lowest BCUT2D eigenvalue weighted by molar-refractivity contribution is 0.0329. The molecule has 0 aliphatic heterocycles. The Morgan fingerprint density at radius 3 is 2.82 bits per heavy atom. The molecule has 0 unspecified atom stereocenters. The maximum absolute atomic E-state index is 11.1. The summed E-state index contributed by atoms with van der Waals surface area (Å²) in [6.45, 7) is 0. The van der Waals surface area contributed by atoms with Crippen LogP contribution in [0.5, 0.6) is 0 Å². The zero-order valence-corrected chi connectivity index (χ0v) is 9.62. The number of rotatable bonds is 3. The lowest BCUT2D eigenvalue weighted by Gasteiger charge is -2.35. The number of hydrogen-bond donors (Lipinski definition) is 3. The Kier molecular flexibility index (Phi) is 2.40. The van der Waals surface area contributed by atoms with Crippen LogP contribution in [0.2, 0.25) is 0 Å². The van der Waals surface area contributed by atoms with Gasteiger partial charge in [-0.05, 0) is 31.0 Å². The summed E-state index contributed by atoms with van der Waals surface area (Å²) in [5.74, 6) is 0. The van der Waals surface area contributed by atoms with Crippen molar-refractivity contribution in [3.63, 3.8) is 0 Å². The van der Waals surface area contributed by atoms with Crippen LogP contribution in [-0.4, -0.2) is 29.2 Å². The number of nitrogens with one attached hydrogen (secondary N) is 3. The quantitative estimate of drug-likeness (QED) is 0.751. The van der Waals surface area contributed by atoms with Gasteiger partial charge in [-0.2, -0.15) is 0 Å². The molecule has 3 N–H and O–H groups in total. The molecule has 0 bridgehead atoms. The van der Waals surface area contributed by atoms with E-state index in [1.54, 1.807) is 7.11 Å². The van der Waals surface area contributed by atoms with E-state index in [4.69, 9.17) is 4.74 Å². The highest BCUT2D eigenvalue weighted by Gasteiger charge is 2.28. The first-order chi connectivity index (χ1) is 8.24. The first-order valence-electron chi connectivity index (χ1n) is 5.76. The minimum atomic E-state index is -0.166. The molecule has 17 heavy (non-hydrogen) atoms. The number of fused-ring (bicyclic) bond motifs is 1. The standard InChI is InChI=1S/C12H15N3O2/c1-17-9-4-8(5-9)13-7-2-3-10-11(6-7)15-12(16)14-10/h2-3,6,8-9,13H,4-5H2,1H3,(H2,14,15,16). The molecule has 1 heterocycles. The van der Waals surface area contributed by atoms with Crippen LogP contribution in [0.3, 0.4) is 0 Å². The number of aromatic nitrogens is 2. The second-order valence-electron chi connectivity index (χ2n) is 4.51. The highest BCUT2D eigenvalue weighted by Crippen LogP contribution is 2.26. The fourth-order valence-electron chi connectivity index (χ4n) is 2.23. The van der Waals surface area contributed by atoms with Crippen LogP contribution in [0.1, 0.15) is 12.8 Å². The number of imidazole rings is 1. The SMILES string of the molecule is COC1CC(Nc2ccc3[nH]c(=O)[nH]c3c2)C1. The van der Waals surface area contributed by atoms with E-state index in [1.165, 1.54) is 0 Å². The van der Waals surface area contributed by atoms with Crippen molar-refractivity contribution in [1.82, 2.24) is 9.97 Å². The minimum absolute atomic E-state index is 0.166. The number of anilines is 1. The lowest BCUT2D eigenvalue weighted by atomic mass is 9.89. The second-order valence-corrected chi connectivity index (χ2v) is 4.51. The van der Waals surface area contributed by atoms with Crippen LogP contribution in [0.25, 0.3) is 11.0 Å². The predicted molar refractivity (Wildman–Crippen MR) is 66.4 cm³/mol. The number of benzene rings is 1. The van der Waals surface area contributed by atoms with Crippen molar-refractivity contribution in [3.05, 3.63) is 28.7 Å². The Hall–Kier alpha value is -1.75. The second kappa shape index (κ2) is 3.92. The van der Waals surface area contributed by atoms with E-state index in [1.807, 2.05) is 18.2 Å². The summed E-state index contributed by atoms with van der Waals surface area (Å²) in [6, 6.07) is 6.31. The van der Waals surface area contributed by atoms with Gasteiger partial charge < -0.3 is 20.0 Å². The van der Waals surface area contributed by atoms with Crippen molar-refractivity contribution >= 4 is 16.7 Å². The van der Waals surface area contributed by atoms with E-state index in [0.717, 1.165) is 29.6 Å². The van der Waals surface area contributed by atoms with Crippen LogP contribution >= 0.6 is 0 Å². The molecule has 90 valence electrons. The summed E-state index contributed by atoms with van der Waals surface area (Å²) in [7, 11) is 1.75. The largest absolute Gasteiger partial charge is 0.382 e. The van der Waals surface area contributed by atoms with E-state index in [0.29, 0.717) is 12.1 Å². The minimum Gasteiger partial charge on any atom is -0.382 e. The number of methoxy groups -OCH3 is 1. The van der Waals surface area contributed by atoms with Gasteiger partial charge in [-0.15, -0.1) is 0 Å².